The number of hydrogen-bond donors (Lipinski definition) is 2. The predicted molar refractivity (Wildman–Crippen MR) is 246 cm³/mol. The van der Waals surface area contributed by atoms with Crippen molar-refractivity contribution in [1.29, 1.82) is 0 Å². The van der Waals surface area contributed by atoms with Crippen molar-refractivity contribution in [3.8, 4) is 0 Å². The van der Waals surface area contributed by atoms with E-state index in [1.54, 1.807) is 0 Å². The van der Waals surface area contributed by atoms with Crippen LogP contribution in [0.15, 0.2) is 12.2 Å². The Hall–Kier alpha value is -1.92. The number of carbonyl (C=O) groups excluding carboxylic acids is 2. The highest BCUT2D eigenvalue weighted by molar-refractivity contribution is 7.47. The maximum Gasteiger partial charge on any atom is 0.472 e. The molecule has 2 N–H and O–H groups in total. The molecule has 15 nitrogen and oxygen atoms in total. The van der Waals surface area contributed by atoms with E-state index in [0.29, 0.717) is 29.2 Å². The number of quaternary nitrogens is 2. The van der Waals surface area contributed by atoms with Gasteiger partial charge >= 0.3 is 33.8 Å². The Morgan fingerprint density at radius 2 is 0.970 bits per heavy atom. The Bertz CT molecular complexity index is 1240. The molecule has 0 amide bonds. The van der Waals surface area contributed by atoms with Gasteiger partial charge in [0, 0.05) is 13.4 Å². The highest BCUT2D eigenvalue weighted by Gasteiger charge is 2.41. The monoisotopic (exact) mass is 1050 g/mol. The molecule has 0 heterocycles. The van der Waals surface area contributed by atoms with Crippen molar-refractivity contribution in [2.75, 3.05) is 129 Å². The van der Waals surface area contributed by atoms with Crippen LogP contribution in [0.4, 0.5) is 43.9 Å². The van der Waals surface area contributed by atoms with Crippen molar-refractivity contribution in [2.45, 2.75) is 104 Å². The summed E-state index contributed by atoms with van der Waals surface area (Å²) in [5, 5.41) is 0. The summed E-state index contributed by atoms with van der Waals surface area (Å²) in [5.74, 6) is -4.73. The number of halogens is 10. The minimum atomic E-state index is -4.62. The number of hydrogen-bond acceptors (Lipinski definition) is 11. The molecule has 0 saturated heterocycles. The Morgan fingerprint density at radius 1 is 0.667 bits per heavy atom. The standard InChI is InChI=1S/C17H33F3NO7P.C11H22NO6P.C2H2F4.CH2F2.CH3F.7CH4.H2/c1-7-17(19,20)14(12-18)26-13-16(2,3)15(22)25-10-11-28-29(23,24)27-9-8-21(4,5)6;1-10(2)11(13)16-8-9-18-19(14,15)17-7-6-12(3,4)5;3-1-2(4,5)6;2-1-3;1-2;;;;;;;;/h14H,7-13H2,1-6H3;1,6-9H2,2-5H3;1H2;1H2;1H3;7*1H4;1H/p+2/i;;;;;;;;;;;;1+1. The fourth-order valence-corrected chi connectivity index (χ4v) is 4.09. The molecular formula is C39H94F10N2O13P2+2. The number of likely N-dealkylation sites (N-methyl/N-ethyl adjacent to an activating group) is 2. The number of phosphoric acid groups is 2. The van der Waals surface area contributed by atoms with E-state index in [9.17, 15) is 72.4 Å². The zero-order valence-electron chi connectivity index (χ0n) is 35.4. The van der Waals surface area contributed by atoms with Gasteiger partial charge in [-0.05, 0) is 20.8 Å². The fourth-order valence-electron chi connectivity index (χ4n) is 2.70. The average molecular weight is 1050 g/mol. The van der Waals surface area contributed by atoms with E-state index < -0.39 is 91.1 Å². The maximum absolute atomic E-state index is 13.5. The number of alkyl halides is 10. The van der Waals surface area contributed by atoms with Crippen LogP contribution >= 0.6 is 15.6 Å². The molecule has 3 unspecified atom stereocenters. The number of nitrogens with zero attached hydrogens (tertiary/aromatic N) is 2. The van der Waals surface area contributed by atoms with Crippen molar-refractivity contribution < 1.29 is 115 Å². The molecule has 66 heavy (non-hydrogen) atoms. The lowest BCUT2D eigenvalue weighted by Crippen LogP contribution is -2.41. The summed E-state index contributed by atoms with van der Waals surface area (Å²) < 4.78 is 168. The van der Waals surface area contributed by atoms with Gasteiger partial charge in [0.15, 0.2) is 6.67 Å². The van der Waals surface area contributed by atoms with Gasteiger partial charge in [0.25, 0.3) is 5.92 Å². The Balaban J connectivity index is -0.0000000609. The van der Waals surface area contributed by atoms with Crippen LogP contribution < -0.4 is 0 Å². The number of rotatable bonds is 24. The molecular weight excluding hydrogens is 956 g/mol. The molecule has 3 atom stereocenters. The van der Waals surface area contributed by atoms with Crippen molar-refractivity contribution in [3.05, 3.63) is 12.2 Å². The van der Waals surface area contributed by atoms with Gasteiger partial charge in [0.05, 0.1) is 74.7 Å². The normalized spacial score (nSPS) is 12.9. The highest BCUT2D eigenvalue weighted by Crippen LogP contribution is 2.43. The van der Waals surface area contributed by atoms with E-state index in [4.69, 9.17) is 27.8 Å². The van der Waals surface area contributed by atoms with E-state index in [0.717, 1.165) is 0 Å². The van der Waals surface area contributed by atoms with Crippen molar-refractivity contribution in [3.63, 3.8) is 0 Å². The van der Waals surface area contributed by atoms with Gasteiger partial charge in [-0.2, -0.15) is 13.2 Å². The molecule has 0 aliphatic carbocycles. The first kappa shape index (κ1) is 94.0. The van der Waals surface area contributed by atoms with Crippen LogP contribution in [0.2, 0.25) is 0 Å². The third-order valence-electron chi connectivity index (χ3n) is 5.96. The van der Waals surface area contributed by atoms with E-state index in [1.807, 2.05) is 42.3 Å². The third kappa shape index (κ3) is 64.2. The fraction of sp³-hybridized carbons (Fsp3) is 0.897. The largest absolute Gasteiger partial charge is 0.472 e. The molecule has 0 radical (unpaired) electrons. The SMILES string of the molecule is C.C.C.C.C.C.C.C=C(C)C(=O)OCCOP(=O)(O)OCC[N+](C)(C)C.CCC(F)(F)C(CF)OCC(C)(C)C(=O)OCCOP(=O)(O)OCC[N+](C)(C)C.CF.FCC(F)(F)F.FCF.[2HH]. The van der Waals surface area contributed by atoms with Crippen LogP contribution in [0.5, 0.6) is 0 Å². The van der Waals surface area contributed by atoms with Gasteiger partial charge in [-0.25, -0.2) is 40.3 Å². The second-order valence-corrected chi connectivity index (χ2v) is 17.1. The van der Waals surface area contributed by atoms with Crippen LogP contribution in [-0.4, -0.2) is 178 Å². The molecule has 0 rings (SSSR count). The van der Waals surface area contributed by atoms with E-state index in [-0.39, 0.29) is 92.0 Å². The first-order chi connectivity index (χ1) is 26.6. The Labute approximate surface area is 393 Å². The van der Waals surface area contributed by atoms with Crippen LogP contribution in [0.25, 0.3) is 0 Å². The molecule has 0 saturated carbocycles. The Kier molecular flexibility index (Phi) is 66.6. The summed E-state index contributed by atoms with van der Waals surface area (Å²) >= 11 is 0. The van der Waals surface area contributed by atoms with Gasteiger partial charge < -0.3 is 33.0 Å². The summed E-state index contributed by atoms with van der Waals surface area (Å²) in [6, 6.07) is 0. The smallest absolute Gasteiger partial charge is 0.463 e. The van der Waals surface area contributed by atoms with E-state index in [1.165, 1.54) is 27.7 Å². The van der Waals surface area contributed by atoms with Crippen molar-refractivity contribution in [1.82, 2.24) is 0 Å². The maximum atomic E-state index is 13.5. The van der Waals surface area contributed by atoms with Gasteiger partial charge in [0.2, 0.25) is 6.93 Å². The summed E-state index contributed by atoms with van der Waals surface area (Å²) in [4.78, 5) is 42.0. The zero-order chi connectivity index (χ0) is 48.0. The number of ether oxygens (including phenoxy) is 3. The van der Waals surface area contributed by atoms with Crippen molar-refractivity contribution in [2.24, 2.45) is 5.41 Å². The zero-order valence-corrected chi connectivity index (χ0v) is 37.2. The van der Waals surface area contributed by atoms with Gasteiger partial charge in [-0.3, -0.25) is 27.3 Å². The van der Waals surface area contributed by atoms with Crippen LogP contribution in [0.1, 0.15) is 87.5 Å². The molecule has 0 aromatic carbocycles. The van der Waals surface area contributed by atoms with Gasteiger partial charge in [-0.1, -0.05) is 65.5 Å². The minimum Gasteiger partial charge on any atom is -0.463 e. The van der Waals surface area contributed by atoms with Crippen LogP contribution in [0.3, 0.4) is 0 Å². The lowest BCUT2D eigenvalue weighted by molar-refractivity contribution is -0.870. The van der Waals surface area contributed by atoms with Crippen LogP contribution in [-0.2, 0) is 51.0 Å². The Morgan fingerprint density at radius 3 is 1.23 bits per heavy atom. The quantitative estimate of drug-likeness (QED) is 0.0234. The molecule has 0 aromatic heterocycles. The molecule has 0 fully saturated rings. The van der Waals surface area contributed by atoms with Crippen LogP contribution in [0, 0.1) is 5.41 Å². The second kappa shape index (κ2) is 46.8. The predicted octanol–water partition coefficient (Wildman–Crippen LogP) is 11.4. The first-order valence-corrected chi connectivity index (χ1v) is 20.1. The molecule has 0 spiro atoms. The number of esters is 2. The summed E-state index contributed by atoms with van der Waals surface area (Å²) in [6.45, 7) is 3.09. The van der Waals surface area contributed by atoms with Crippen molar-refractivity contribution >= 4 is 27.6 Å². The molecule has 0 bridgehead atoms. The second-order valence-electron chi connectivity index (χ2n) is 14.2. The molecule has 0 aliphatic rings. The lowest BCUT2D eigenvalue weighted by atomic mass is 9.95. The minimum absolute atomic E-state index is 0. The molecule has 0 aliphatic heterocycles. The number of carbonyl (C=O) groups is 2. The summed E-state index contributed by atoms with van der Waals surface area (Å²) in [7, 11) is 3.59. The third-order valence-corrected chi connectivity index (χ3v) is 7.99. The molecule has 0 aromatic rings. The molecule has 27 heteroatoms. The first-order valence-electron chi connectivity index (χ1n) is 17.1. The summed E-state index contributed by atoms with van der Waals surface area (Å²) in [6.07, 6.45) is -7.17. The summed E-state index contributed by atoms with van der Waals surface area (Å²) in [5.41, 5.74) is -1.08. The van der Waals surface area contributed by atoms with Gasteiger partial charge in [0.1, 0.15) is 52.3 Å². The van der Waals surface area contributed by atoms with Gasteiger partial charge in [-0.15, -0.1) is 0 Å². The van der Waals surface area contributed by atoms with E-state index >= 15 is 0 Å². The van der Waals surface area contributed by atoms with E-state index in [2.05, 4.69) is 11.1 Å². The molecule has 416 valence electrons. The average Bonchev–Trinajstić information content (AvgIpc) is 3.08. The lowest BCUT2D eigenvalue weighted by Gasteiger charge is -2.28. The highest BCUT2D eigenvalue weighted by atomic mass is 31.2. The topological polar surface area (TPSA) is 173 Å². The number of phosphoric ester groups is 2.